The van der Waals surface area contributed by atoms with Crippen LogP contribution in [0.25, 0.3) is 10.9 Å². The third kappa shape index (κ3) is 3.83. The van der Waals surface area contributed by atoms with E-state index in [9.17, 15) is 9.90 Å². The maximum atomic E-state index is 11.8. The Hall–Kier alpha value is -2.41. The van der Waals surface area contributed by atoms with E-state index in [4.69, 9.17) is 9.72 Å². The van der Waals surface area contributed by atoms with Crippen molar-refractivity contribution in [2.75, 3.05) is 25.5 Å². The SMILES string of the molecule is COC(=O)N1CCC(c2cccc3cnc(NC4CCC(O)CC4)nc23)C1. The summed E-state index contributed by atoms with van der Waals surface area (Å²) in [5.74, 6) is 0.888. The topological polar surface area (TPSA) is 87.6 Å². The zero-order valence-corrected chi connectivity index (χ0v) is 15.6. The molecule has 0 radical (unpaired) electrons. The van der Waals surface area contributed by atoms with Gasteiger partial charge in [0, 0.05) is 36.6 Å². The maximum absolute atomic E-state index is 11.8. The van der Waals surface area contributed by atoms with Crippen molar-refractivity contribution in [1.82, 2.24) is 14.9 Å². The molecule has 0 spiro atoms. The second-order valence-electron chi connectivity index (χ2n) is 7.53. The predicted molar refractivity (Wildman–Crippen MR) is 103 cm³/mol. The van der Waals surface area contributed by atoms with E-state index in [-0.39, 0.29) is 18.1 Å². The minimum Gasteiger partial charge on any atom is -0.453 e. The van der Waals surface area contributed by atoms with Crippen LogP contribution in [0.2, 0.25) is 0 Å². The summed E-state index contributed by atoms with van der Waals surface area (Å²) in [7, 11) is 1.42. The number of fused-ring (bicyclic) bond motifs is 1. The molecule has 1 aromatic heterocycles. The van der Waals surface area contributed by atoms with Gasteiger partial charge in [-0.15, -0.1) is 0 Å². The van der Waals surface area contributed by atoms with Gasteiger partial charge in [-0.3, -0.25) is 0 Å². The van der Waals surface area contributed by atoms with E-state index < -0.39 is 0 Å². The molecule has 1 atom stereocenters. The number of carbonyl (C=O) groups excluding carboxylic acids is 1. The number of carbonyl (C=O) groups is 1. The Balaban J connectivity index is 1.56. The van der Waals surface area contributed by atoms with E-state index in [0.717, 1.165) is 48.6 Å². The number of nitrogens with zero attached hydrogens (tertiary/aromatic N) is 3. The zero-order chi connectivity index (χ0) is 18.8. The lowest BCUT2D eigenvalue weighted by atomic mass is 9.93. The van der Waals surface area contributed by atoms with Gasteiger partial charge in [0.2, 0.25) is 5.95 Å². The Kier molecular flexibility index (Phi) is 5.11. The van der Waals surface area contributed by atoms with Crippen LogP contribution in [0.1, 0.15) is 43.6 Å². The second kappa shape index (κ2) is 7.68. The van der Waals surface area contributed by atoms with Crippen LogP contribution in [0.3, 0.4) is 0 Å². The summed E-state index contributed by atoms with van der Waals surface area (Å²) in [5.41, 5.74) is 2.10. The molecule has 27 heavy (non-hydrogen) atoms. The third-order valence-corrected chi connectivity index (χ3v) is 5.73. The number of anilines is 1. The minimum absolute atomic E-state index is 0.174. The molecule has 1 unspecified atom stereocenters. The fourth-order valence-corrected chi connectivity index (χ4v) is 4.19. The molecule has 2 aliphatic rings. The van der Waals surface area contributed by atoms with Gasteiger partial charge in [0.25, 0.3) is 0 Å². The van der Waals surface area contributed by atoms with Crippen LogP contribution in [0.15, 0.2) is 24.4 Å². The van der Waals surface area contributed by atoms with Gasteiger partial charge in [0.15, 0.2) is 0 Å². The molecular formula is C20H26N4O3. The van der Waals surface area contributed by atoms with Gasteiger partial charge in [-0.2, -0.15) is 0 Å². The molecular weight excluding hydrogens is 344 g/mol. The summed E-state index contributed by atoms with van der Waals surface area (Å²) in [6.45, 7) is 1.35. The smallest absolute Gasteiger partial charge is 0.409 e. The van der Waals surface area contributed by atoms with Crippen molar-refractivity contribution in [1.29, 1.82) is 0 Å². The lowest BCUT2D eigenvalue weighted by molar-refractivity contribution is 0.126. The Morgan fingerprint density at radius 1 is 1.26 bits per heavy atom. The van der Waals surface area contributed by atoms with E-state index in [1.54, 1.807) is 4.90 Å². The molecule has 7 heteroatoms. The first-order valence-corrected chi connectivity index (χ1v) is 9.67. The van der Waals surface area contributed by atoms with Gasteiger partial charge in [-0.1, -0.05) is 18.2 Å². The Bertz CT molecular complexity index is 820. The lowest BCUT2D eigenvalue weighted by Gasteiger charge is -2.26. The number of nitrogens with one attached hydrogen (secondary N) is 1. The minimum atomic E-state index is -0.269. The highest BCUT2D eigenvalue weighted by molar-refractivity contribution is 5.82. The number of aliphatic hydroxyl groups excluding tert-OH is 1. The average Bonchev–Trinajstić information content (AvgIpc) is 3.18. The number of likely N-dealkylation sites (tertiary alicyclic amines) is 1. The number of rotatable bonds is 3. The van der Waals surface area contributed by atoms with Crippen LogP contribution in [0.4, 0.5) is 10.7 Å². The molecule has 1 saturated carbocycles. The van der Waals surface area contributed by atoms with Crippen LogP contribution in [0, 0.1) is 0 Å². The first-order valence-electron chi connectivity index (χ1n) is 9.67. The molecule has 0 bridgehead atoms. The van der Waals surface area contributed by atoms with E-state index in [1.807, 2.05) is 18.3 Å². The number of hydrogen-bond donors (Lipinski definition) is 2. The van der Waals surface area contributed by atoms with Crippen molar-refractivity contribution in [2.45, 2.75) is 50.2 Å². The number of hydrogen-bond acceptors (Lipinski definition) is 6. The zero-order valence-electron chi connectivity index (χ0n) is 15.6. The summed E-state index contributed by atoms with van der Waals surface area (Å²) in [6, 6.07) is 6.45. The van der Waals surface area contributed by atoms with E-state index in [2.05, 4.69) is 16.4 Å². The van der Waals surface area contributed by atoms with Crippen LogP contribution in [-0.2, 0) is 4.74 Å². The summed E-state index contributed by atoms with van der Waals surface area (Å²) in [6.07, 6.45) is 5.83. The summed E-state index contributed by atoms with van der Waals surface area (Å²) < 4.78 is 4.85. The predicted octanol–water partition coefficient (Wildman–Crippen LogP) is 2.90. The number of para-hydroxylation sites is 1. The fourth-order valence-electron chi connectivity index (χ4n) is 4.19. The maximum Gasteiger partial charge on any atom is 0.409 e. The number of amides is 1. The quantitative estimate of drug-likeness (QED) is 0.864. The second-order valence-corrected chi connectivity index (χ2v) is 7.53. The van der Waals surface area contributed by atoms with Crippen LogP contribution >= 0.6 is 0 Å². The van der Waals surface area contributed by atoms with Crippen LogP contribution in [0.5, 0.6) is 0 Å². The van der Waals surface area contributed by atoms with Gasteiger partial charge < -0.3 is 20.1 Å². The van der Waals surface area contributed by atoms with Gasteiger partial charge in [-0.25, -0.2) is 14.8 Å². The van der Waals surface area contributed by atoms with Crippen LogP contribution < -0.4 is 5.32 Å². The Morgan fingerprint density at radius 2 is 2.07 bits per heavy atom. The molecule has 1 amide bonds. The van der Waals surface area contributed by atoms with E-state index in [0.29, 0.717) is 25.1 Å². The lowest BCUT2D eigenvalue weighted by Crippen LogP contribution is -2.29. The van der Waals surface area contributed by atoms with Gasteiger partial charge in [0.1, 0.15) is 0 Å². The molecule has 2 aromatic rings. The van der Waals surface area contributed by atoms with Crippen molar-refractivity contribution in [3.8, 4) is 0 Å². The molecule has 4 rings (SSSR count). The molecule has 1 aromatic carbocycles. The Morgan fingerprint density at radius 3 is 2.85 bits per heavy atom. The summed E-state index contributed by atoms with van der Waals surface area (Å²) in [5, 5.41) is 14.1. The normalized spacial score (nSPS) is 25.6. The molecule has 1 aliphatic heterocycles. The van der Waals surface area contributed by atoms with Crippen molar-refractivity contribution >= 4 is 22.9 Å². The number of benzene rings is 1. The Labute approximate surface area is 158 Å². The number of aromatic nitrogens is 2. The van der Waals surface area contributed by atoms with Crippen molar-refractivity contribution in [3.63, 3.8) is 0 Å². The van der Waals surface area contributed by atoms with Gasteiger partial charge >= 0.3 is 6.09 Å². The molecule has 2 N–H and O–H groups in total. The number of ether oxygens (including phenoxy) is 1. The molecule has 144 valence electrons. The van der Waals surface area contributed by atoms with Gasteiger partial charge in [0.05, 0.1) is 18.7 Å². The van der Waals surface area contributed by atoms with Crippen molar-refractivity contribution in [3.05, 3.63) is 30.0 Å². The molecule has 2 fully saturated rings. The highest BCUT2D eigenvalue weighted by Crippen LogP contribution is 2.32. The van der Waals surface area contributed by atoms with E-state index in [1.165, 1.54) is 7.11 Å². The van der Waals surface area contributed by atoms with Gasteiger partial charge in [-0.05, 0) is 37.7 Å². The summed E-state index contributed by atoms with van der Waals surface area (Å²) in [4.78, 5) is 22.8. The number of aliphatic hydroxyl groups is 1. The first-order chi connectivity index (χ1) is 13.1. The molecule has 7 nitrogen and oxygen atoms in total. The molecule has 2 heterocycles. The van der Waals surface area contributed by atoms with E-state index >= 15 is 0 Å². The first kappa shape index (κ1) is 18.0. The molecule has 1 saturated heterocycles. The summed E-state index contributed by atoms with van der Waals surface area (Å²) >= 11 is 0. The third-order valence-electron chi connectivity index (χ3n) is 5.73. The highest BCUT2D eigenvalue weighted by Gasteiger charge is 2.29. The highest BCUT2D eigenvalue weighted by atomic mass is 16.5. The monoisotopic (exact) mass is 370 g/mol. The van der Waals surface area contributed by atoms with Crippen molar-refractivity contribution in [2.24, 2.45) is 0 Å². The van der Waals surface area contributed by atoms with Crippen molar-refractivity contribution < 1.29 is 14.6 Å². The average molecular weight is 370 g/mol. The largest absolute Gasteiger partial charge is 0.453 e. The standard InChI is InChI=1S/C20H26N4O3/c1-27-20(26)24-10-9-14(12-24)17-4-2-3-13-11-21-19(23-18(13)17)22-15-5-7-16(25)8-6-15/h2-4,11,14-16,25H,5-10,12H2,1H3,(H,21,22,23). The van der Waals surface area contributed by atoms with Crippen LogP contribution in [-0.4, -0.2) is 58.4 Å². The molecule has 1 aliphatic carbocycles. The fraction of sp³-hybridized carbons (Fsp3) is 0.550. The number of methoxy groups -OCH3 is 1.